The van der Waals surface area contributed by atoms with Gasteiger partial charge in [-0.2, -0.15) is 10.2 Å². The van der Waals surface area contributed by atoms with Gasteiger partial charge in [-0.1, -0.05) is 32.0 Å². The highest BCUT2D eigenvalue weighted by atomic mass is 15.1. The Kier molecular flexibility index (Phi) is 2.97. The van der Waals surface area contributed by atoms with Crippen LogP contribution in [0.15, 0.2) is 36.5 Å². The first-order chi connectivity index (χ1) is 8.03. The Balaban J connectivity index is 2.56. The molecule has 0 unspecified atom stereocenters. The third kappa shape index (κ3) is 2.07. The van der Waals surface area contributed by atoms with Crippen LogP contribution >= 0.6 is 0 Å². The van der Waals surface area contributed by atoms with Crippen LogP contribution in [0.1, 0.15) is 36.2 Å². The van der Waals surface area contributed by atoms with Crippen LogP contribution in [0.25, 0.3) is 0 Å². The van der Waals surface area contributed by atoms with Gasteiger partial charge in [-0.3, -0.25) is 0 Å². The number of hydrogen-bond donors (Lipinski definition) is 0. The van der Waals surface area contributed by atoms with E-state index in [0.717, 1.165) is 5.69 Å². The average molecular weight is 226 g/mol. The van der Waals surface area contributed by atoms with Crippen molar-refractivity contribution >= 4 is 0 Å². The number of aromatic nitrogens is 2. The van der Waals surface area contributed by atoms with Crippen molar-refractivity contribution in [2.75, 3.05) is 0 Å². The number of benzene rings is 1. The minimum atomic E-state index is -0.107. The summed E-state index contributed by atoms with van der Waals surface area (Å²) >= 11 is 0. The Labute approximate surface area is 103 Å². The third-order valence-corrected chi connectivity index (χ3v) is 3.49. The molecule has 0 saturated carbocycles. The van der Waals surface area contributed by atoms with Crippen LogP contribution in [0.4, 0.5) is 0 Å². The maximum absolute atomic E-state index is 4.25. The van der Waals surface area contributed by atoms with Gasteiger partial charge in [0.1, 0.15) is 0 Å². The van der Waals surface area contributed by atoms with Crippen molar-refractivity contribution in [3.63, 3.8) is 0 Å². The van der Waals surface area contributed by atoms with Gasteiger partial charge < -0.3 is 0 Å². The van der Waals surface area contributed by atoms with Gasteiger partial charge in [0.2, 0.25) is 0 Å². The van der Waals surface area contributed by atoms with Crippen LogP contribution in [0, 0.1) is 13.8 Å². The second-order valence-electron chi connectivity index (χ2n) is 4.98. The van der Waals surface area contributed by atoms with Crippen LogP contribution in [-0.2, 0) is 5.41 Å². The number of hydrogen-bond acceptors (Lipinski definition) is 2. The molecule has 0 aliphatic carbocycles. The zero-order chi connectivity index (χ0) is 12.5. The highest BCUT2D eigenvalue weighted by Gasteiger charge is 2.26. The molecule has 2 rings (SSSR count). The zero-order valence-corrected chi connectivity index (χ0v) is 10.9. The summed E-state index contributed by atoms with van der Waals surface area (Å²) in [7, 11) is 0. The molecule has 0 aliphatic rings. The van der Waals surface area contributed by atoms with Crippen LogP contribution in [0.2, 0.25) is 0 Å². The topological polar surface area (TPSA) is 25.8 Å². The fraction of sp³-hybridized carbons (Fsp3) is 0.333. The summed E-state index contributed by atoms with van der Waals surface area (Å²) in [6, 6.07) is 10.4. The molecule has 0 saturated heterocycles. The zero-order valence-electron chi connectivity index (χ0n) is 10.9. The van der Waals surface area contributed by atoms with E-state index in [9.17, 15) is 0 Å². The lowest BCUT2D eigenvalue weighted by atomic mass is 9.78. The maximum Gasteiger partial charge on any atom is 0.0731 e. The molecule has 1 heterocycles. The molecule has 1 aromatic heterocycles. The maximum atomic E-state index is 4.25. The molecule has 1 aromatic carbocycles. The lowest BCUT2D eigenvalue weighted by Crippen LogP contribution is -2.22. The first-order valence-electron chi connectivity index (χ1n) is 5.88. The Bertz CT molecular complexity index is 516. The van der Waals surface area contributed by atoms with Crippen molar-refractivity contribution in [2.45, 2.75) is 33.1 Å². The van der Waals surface area contributed by atoms with E-state index in [1.165, 1.54) is 16.7 Å². The lowest BCUT2D eigenvalue weighted by molar-refractivity contribution is 0.599. The van der Waals surface area contributed by atoms with E-state index in [4.69, 9.17) is 0 Å². The van der Waals surface area contributed by atoms with Gasteiger partial charge >= 0.3 is 0 Å². The van der Waals surface area contributed by atoms with Crippen LogP contribution < -0.4 is 0 Å². The summed E-state index contributed by atoms with van der Waals surface area (Å²) in [6.45, 7) is 8.70. The molecule has 0 aliphatic heterocycles. The monoisotopic (exact) mass is 226 g/mol. The van der Waals surface area contributed by atoms with Gasteiger partial charge in [0, 0.05) is 11.6 Å². The van der Waals surface area contributed by atoms with Crippen molar-refractivity contribution < 1.29 is 0 Å². The second-order valence-corrected chi connectivity index (χ2v) is 4.98. The molecule has 0 bridgehead atoms. The summed E-state index contributed by atoms with van der Waals surface area (Å²) in [5.74, 6) is 0. The summed E-state index contributed by atoms with van der Waals surface area (Å²) in [5, 5.41) is 8.23. The largest absolute Gasteiger partial charge is 0.159 e. The fourth-order valence-electron chi connectivity index (χ4n) is 2.20. The molecular formula is C15H18N2. The Morgan fingerprint density at radius 2 is 1.76 bits per heavy atom. The predicted molar refractivity (Wildman–Crippen MR) is 70.1 cm³/mol. The highest BCUT2D eigenvalue weighted by molar-refractivity contribution is 5.42. The molecule has 2 aromatic rings. The molecule has 0 spiro atoms. The second kappa shape index (κ2) is 4.28. The standard InChI is InChI=1S/C15H18N2/c1-11-7-5-8-13(12(11)2)15(3,4)14-9-6-10-16-17-14/h5-10H,1-4H3. The Morgan fingerprint density at radius 1 is 1.00 bits per heavy atom. The normalized spacial score (nSPS) is 11.5. The number of nitrogens with zero attached hydrogens (tertiary/aromatic N) is 2. The first-order valence-corrected chi connectivity index (χ1v) is 5.88. The molecule has 0 amide bonds. The summed E-state index contributed by atoms with van der Waals surface area (Å²) in [4.78, 5) is 0. The van der Waals surface area contributed by atoms with E-state index in [0.29, 0.717) is 0 Å². The van der Waals surface area contributed by atoms with Crippen LogP contribution in [-0.4, -0.2) is 10.2 Å². The first kappa shape index (κ1) is 11.8. The number of aryl methyl sites for hydroxylation is 1. The van der Waals surface area contributed by atoms with Crippen molar-refractivity contribution in [1.29, 1.82) is 0 Å². The molecule has 0 fully saturated rings. The van der Waals surface area contributed by atoms with Crippen molar-refractivity contribution in [3.8, 4) is 0 Å². The molecule has 2 nitrogen and oxygen atoms in total. The smallest absolute Gasteiger partial charge is 0.0731 e. The molecular weight excluding hydrogens is 208 g/mol. The van der Waals surface area contributed by atoms with Gasteiger partial charge in [0.15, 0.2) is 0 Å². The van der Waals surface area contributed by atoms with E-state index in [1.807, 2.05) is 12.1 Å². The van der Waals surface area contributed by atoms with Gasteiger partial charge in [0.05, 0.1) is 5.69 Å². The minimum Gasteiger partial charge on any atom is -0.159 e. The molecule has 17 heavy (non-hydrogen) atoms. The molecule has 0 atom stereocenters. The van der Waals surface area contributed by atoms with E-state index < -0.39 is 0 Å². The van der Waals surface area contributed by atoms with Crippen molar-refractivity contribution in [2.24, 2.45) is 0 Å². The minimum absolute atomic E-state index is 0.107. The molecule has 0 N–H and O–H groups in total. The number of rotatable bonds is 2. The van der Waals surface area contributed by atoms with Crippen molar-refractivity contribution in [1.82, 2.24) is 10.2 Å². The average Bonchev–Trinajstić information content (AvgIpc) is 2.33. The van der Waals surface area contributed by atoms with Gasteiger partial charge in [-0.05, 0) is 42.7 Å². The molecule has 0 radical (unpaired) electrons. The summed E-state index contributed by atoms with van der Waals surface area (Å²) in [5.41, 5.74) is 4.87. The lowest BCUT2D eigenvalue weighted by Gasteiger charge is -2.26. The molecule has 2 heteroatoms. The van der Waals surface area contributed by atoms with Gasteiger partial charge in [-0.15, -0.1) is 0 Å². The van der Waals surface area contributed by atoms with E-state index in [-0.39, 0.29) is 5.41 Å². The van der Waals surface area contributed by atoms with Crippen LogP contribution in [0.3, 0.4) is 0 Å². The quantitative estimate of drug-likeness (QED) is 0.784. The highest BCUT2D eigenvalue weighted by Crippen LogP contribution is 2.32. The van der Waals surface area contributed by atoms with E-state index in [1.54, 1.807) is 6.20 Å². The van der Waals surface area contributed by atoms with E-state index >= 15 is 0 Å². The molecule has 88 valence electrons. The SMILES string of the molecule is Cc1cccc(C(C)(C)c2cccnn2)c1C. The summed E-state index contributed by atoms with van der Waals surface area (Å²) in [6.07, 6.45) is 1.71. The summed E-state index contributed by atoms with van der Waals surface area (Å²) < 4.78 is 0. The Morgan fingerprint density at radius 3 is 2.41 bits per heavy atom. The predicted octanol–water partition coefficient (Wildman–Crippen LogP) is 3.42. The fourth-order valence-corrected chi connectivity index (χ4v) is 2.20. The van der Waals surface area contributed by atoms with Crippen molar-refractivity contribution in [3.05, 3.63) is 58.9 Å². The van der Waals surface area contributed by atoms with Crippen LogP contribution in [0.5, 0.6) is 0 Å². The Hall–Kier alpha value is -1.70. The third-order valence-electron chi connectivity index (χ3n) is 3.49. The van der Waals surface area contributed by atoms with Gasteiger partial charge in [0.25, 0.3) is 0 Å². The van der Waals surface area contributed by atoms with Gasteiger partial charge in [-0.25, -0.2) is 0 Å². The van der Waals surface area contributed by atoms with E-state index in [2.05, 4.69) is 56.1 Å².